The highest BCUT2D eigenvalue weighted by atomic mass is 35.5. The average molecular weight is 538 g/mol. The Morgan fingerprint density at radius 1 is 0.944 bits per heavy atom. The van der Waals surface area contributed by atoms with Gasteiger partial charge in [-0.25, -0.2) is 0 Å². The number of halogens is 7. The minimum Gasteiger partial charge on any atom is -0.352 e. The summed E-state index contributed by atoms with van der Waals surface area (Å²) in [4.78, 5) is 2.40. The van der Waals surface area contributed by atoms with E-state index in [1.165, 1.54) is 6.92 Å². The summed E-state index contributed by atoms with van der Waals surface area (Å²) in [6, 6.07) is 11.2. The summed E-state index contributed by atoms with van der Waals surface area (Å²) < 4.78 is 92.1. The van der Waals surface area contributed by atoms with E-state index < -0.39 is 35.9 Å². The number of hydrogen-bond donors (Lipinski definition) is 0. The van der Waals surface area contributed by atoms with Crippen LogP contribution < -0.4 is 0 Å². The third-order valence-corrected chi connectivity index (χ3v) is 6.87. The fourth-order valence-electron chi connectivity index (χ4n) is 5.06. The number of hydrogen-bond acceptors (Lipinski definition) is 3. The molecule has 3 nitrogen and oxygen atoms in total. The van der Waals surface area contributed by atoms with E-state index in [1.54, 1.807) is 0 Å². The first-order chi connectivity index (χ1) is 16.5. The van der Waals surface area contributed by atoms with Crippen molar-refractivity contribution >= 4 is 12.4 Å². The molecule has 0 aliphatic carbocycles. The maximum Gasteiger partial charge on any atom is 0.416 e. The molecule has 0 aromatic heterocycles. The number of nitrogens with zero attached hydrogens (tertiary/aromatic N) is 1. The Labute approximate surface area is 213 Å². The number of alkyl halides is 6. The van der Waals surface area contributed by atoms with Gasteiger partial charge in [0, 0.05) is 12.5 Å². The van der Waals surface area contributed by atoms with Crippen LogP contribution in [0.25, 0.3) is 0 Å². The third kappa shape index (κ3) is 6.94. The highest BCUT2D eigenvalue weighted by Crippen LogP contribution is 2.41. The molecule has 2 aliphatic heterocycles. The zero-order valence-corrected chi connectivity index (χ0v) is 20.6. The summed E-state index contributed by atoms with van der Waals surface area (Å²) in [5, 5.41) is 0. The van der Waals surface area contributed by atoms with Crippen LogP contribution in [0.2, 0.25) is 0 Å². The molecule has 0 N–H and O–H groups in total. The van der Waals surface area contributed by atoms with Crippen LogP contribution in [-0.2, 0) is 21.8 Å². The van der Waals surface area contributed by atoms with Gasteiger partial charge in [-0.05, 0) is 74.5 Å². The number of ether oxygens (including phenoxy) is 2. The molecule has 0 spiro atoms. The van der Waals surface area contributed by atoms with Crippen molar-refractivity contribution < 1.29 is 35.8 Å². The topological polar surface area (TPSA) is 21.7 Å². The molecule has 10 heteroatoms. The second-order valence-corrected chi connectivity index (χ2v) is 9.35. The average Bonchev–Trinajstić information content (AvgIpc) is 3.31. The fraction of sp³-hybridized carbons (Fsp3) is 0.538. The molecule has 2 saturated heterocycles. The summed E-state index contributed by atoms with van der Waals surface area (Å²) >= 11 is 0. The van der Waals surface area contributed by atoms with Crippen LogP contribution >= 0.6 is 12.4 Å². The van der Waals surface area contributed by atoms with Crippen molar-refractivity contribution in [3.05, 3.63) is 70.8 Å². The van der Waals surface area contributed by atoms with Gasteiger partial charge in [-0.2, -0.15) is 26.3 Å². The van der Waals surface area contributed by atoms with Gasteiger partial charge in [0.15, 0.2) is 6.29 Å². The SMILES string of the molecule is CC(OC1OCCC(CN2CCCC2)C1c1ccccc1)c1cc(C(F)(F)F)cc(C(F)(F)F)c1.Cl. The molecule has 0 bridgehead atoms. The van der Waals surface area contributed by atoms with E-state index in [0.717, 1.165) is 56.6 Å². The van der Waals surface area contributed by atoms with Gasteiger partial charge < -0.3 is 14.4 Å². The zero-order chi connectivity index (χ0) is 25.2. The Bertz CT molecular complexity index is 946. The predicted octanol–water partition coefficient (Wildman–Crippen LogP) is 7.47. The van der Waals surface area contributed by atoms with Gasteiger partial charge >= 0.3 is 12.4 Å². The Hall–Kier alpha value is -1.81. The van der Waals surface area contributed by atoms with E-state index >= 15 is 0 Å². The monoisotopic (exact) mass is 537 g/mol. The normalized spacial score (nSPS) is 24.4. The van der Waals surface area contributed by atoms with E-state index in [1.807, 2.05) is 30.3 Å². The molecule has 2 aromatic carbocycles. The van der Waals surface area contributed by atoms with Crippen LogP contribution in [0.1, 0.15) is 60.5 Å². The molecule has 0 saturated carbocycles. The van der Waals surface area contributed by atoms with Crippen LogP contribution in [-0.4, -0.2) is 37.4 Å². The third-order valence-electron chi connectivity index (χ3n) is 6.87. The van der Waals surface area contributed by atoms with E-state index in [-0.39, 0.29) is 35.9 Å². The lowest BCUT2D eigenvalue weighted by molar-refractivity contribution is -0.210. The van der Waals surface area contributed by atoms with Gasteiger partial charge in [-0.3, -0.25) is 0 Å². The van der Waals surface area contributed by atoms with Crippen molar-refractivity contribution in [3.8, 4) is 0 Å². The maximum absolute atomic E-state index is 13.3. The molecule has 0 radical (unpaired) electrons. The van der Waals surface area contributed by atoms with Gasteiger partial charge in [0.25, 0.3) is 0 Å². The standard InChI is InChI=1S/C26H29F6NO2.ClH/c1-17(20-13-21(25(27,28)29)15-22(14-20)26(30,31)32)35-24-23(18-7-3-2-4-8-18)19(9-12-34-24)16-33-10-5-6-11-33;/h2-4,7-8,13-15,17,19,23-24H,5-6,9-12,16H2,1H3;1H. The molecule has 0 amide bonds. The molecular weight excluding hydrogens is 508 g/mol. The second-order valence-electron chi connectivity index (χ2n) is 9.35. The number of rotatable bonds is 6. The molecule has 2 aromatic rings. The van der Waals surface area contributed by atoms with Gasteiger partial charge in [-0.15, -0.1) is 12.4 Å². The Morgan fingerprint density at radius 2 is 1.53 bits per heavy atom. The van der Waals surface area contributed by atoms with E-state index in [4.69, 9.17) is 9.47 Å². The summed E-state index contributed by atoms with van der Waals surface area (Å²) in [5.74, 6) is -0.00502. The van der Waals surface area contributed by atoms with Crippen molar-refractivity contribution in [3.63, 3.8) is 0 Å². The lowest BCUT2D eigenvalue weighted by Gasteiger charge is -2.41. The van der Waals surface area contributed by atoms with Crippen LogP contribution in [0.3, 0.4) is 0 Å². The highest BCUT2D eigenvalue weighted by molar-refractivity contribution is 5.85. The number of benzene rings is 2. The van der Waals surface area contributed by atoms with Gasteiger partial charge in [0.2, 0.25) is 0 Å². The summed E-state index contributed by atoms with van der Waals surface area (Å²) in [5.41, 5.74) is -1.92. The largest absolute Gasteiger partial charge is 0.416 e. The predicted molar refractivity (Wildman–Crippen MR) is 126 cm³/mol. The summed E-state index contributed by atoms with van der Waals surface area (Å²) in [7, 11) is 0. The van der Waals surface area contributed by atoms with Crippen molar-refractivity contribution in [2.24, 2.45) is 5.92 Å². The highest BCUT2D eigenvalue weighted by Gasteiger charge is 2.40. The van der Waals surface area contributed by atoms with Crippen LogP contribution in [0.15, 0.2) is 48.5 Å². The van der Waals surface area contributed by atoms with E-state index in [0.29, 0.717) is 6.61 Å². The van der Waals surface area contributed by atoms with Crippen molar-refractivity contribution in [2.45, 2.75) is 56.9 Å². The zero-order valence-electron chi connectivity index (χ0n) is 19.8. The molecule has 2 aliphatic rings. The minimum atomic E-state index is -4.91. The molecule has 200 valence electrons. The molecular formula is C26H30ClF6NO2. The molecule has 2 fully saturated rings. The Morgan fingerprint density at radius 3 is 2.08 bits per heavy atom. The Balaban J connectivity index is 0.00000361. The first kappa shape index (κ1) is 28.8. The maximum atomic E-state index is 13.3. The molecule has 4 unspecified atom stereocenters. The van der Waals surface area contributed by atoms with E-state index in [2.05, 4.69) is 4.90 Å². The van der Waals surface area contributed by atoms with Crippen molar-refractivity contribution in [1.82, 2.24) is 4.90 Å². The molecule has 2 heterocycles. The molecule has 4 atom stereocenters. The summed E-state index contributed by atoms with van der Waals surface area (Å²) in [6.07, 6.45) is -8.57. The lowest BCUT2D eigenvalue weighted by Crippen LogP contribution is -2.42. The second kappa shape index (κ2) is 11.7. The van der Waals surface area contributed by atoms with Crippen LogP contribution in [0.4, 0.5) is 26.3 Å². The van der Waals surface area contributed by atoms with Crippen LogP contribution in [0.5, 0.6) is 0 Å². The van der Waals surface area contributed by atoms with Crippen molar-refractivity contribution in [2.75, 3.05) is 26.2 Å². The first-order valence-electron chi connectivity index (χ1n) is 11.9. The number of likely N-dealkylation sites (tertiary alicyclic amines) is 1. The smallest absolute Gasteiger partial charge is 0.352 e. The molecule has 4 rings (SSSR count). The quantitative estimate of drug-likeness (QED) is 0.357. The Kier molecular flexibility index (Phi) is 9.36. The van der Waals surface area contributed by atoms with E-state index in [9.17, 15) is 26.3 Å². The van der Waals surface area contributed by atoms with Gasteiger partial charge in [0.05, 0.1) is 23.8 Å². The lowest BCUT2D eigenvalue weighted by atomic mass is 9.81. The minimum absolute atomic E-state index is 0. The van der Waals surface area contributed by atoms with Gasteiger partial charge in [0.1, 0.15) is 0 Å². The summed E-state index contributed by atoms with van der Waals surface area (Å²) in [6.45, 7) is 4.76. The first-order valence-corrected chi connectivity index (χ1v) is 11.9. The van der Waals surface area contributed by atoms with Crippen LogP contribution in [0, 0.1) is 5.92 Å². The van der Waals surface area contributed by atoms with Gasteiger partial charge in [-0.1, -0.05) is 30.3 Å². The fourth-order valence-corrected chi connectivity index (χ4v) is 5.06. The molecule has 36 heavy (non-hydrogen) atoms. The van der Waals surface area contributed by atoms with Crippen molar-refractivity contribution in [1.29, 1.82) is 0 Å².